The molecule has 1 aliphatic carbocycles. The molecule has 0 atom stereocenters. The minimum absolute atomic E-state index is 0.142. The summed E-state index contributed by atoms with van der Waals surface area (Å²) in [7, 11) is 0. The van der Waals surface area contributed by atoms with Crippen LogP contribution in [-0.2, 0) is 6.42 Å². The molecule has 0 unspecified atom stereocenters. The molecule has 1 saturated carbocycles. The molecule has 2 aromatic rings. The molecule has 1 amide bonds. The van der Waals surface area contributed by atoms with Crippen LogP contribution in [0.1, 0.15) is 41.7 Å². The van der Waals surface area contributed by atoms with Gasteiger partial charge in [0.25, 0.3) is 5.91 Å². The molecule has 6 nitrogen and oxygen atoms in total. The van der Waals surface area contributed by atoms with E-state index in [9.17, 15) is 4.79 Å². The molecule has 3 N–H and O–H groups in total. The third-order valence-corrected chi connectivity index (χ3v) is 4.17. The summed E-state index contributed by atoms with van der Waals surface area (Å²) in [6.45, 7) is 0.512. The van der Waals surface area contributed by atoms with Crippen LogP contribution in [0.3, 0.4) is 0 Å². The van der Waals surface area contributed by atoms with E-state index in [0.717, 1.165) is 30.6 Å². The predicted molar refractivity (Wildman–Crippen MR) is 91.8 cm³/mol. The number of rotatable bonds is 6. The average molecular weight is 326 g/mol. The normalized spacial score (nSPS) is 14.5. The van der Waals surface area contributed by atoms with E-state index in [2.05, 4.69) is 15.3 Å². The van der Waals surface area contributed by atoms with Crippen molar-refractivity contribution in [3.05, 3.63) is 47.9 Å². The lowest BCUT2D eigenvalue weighted by Crippen LogP contribution is -2.27. The van der Waals surface area contributed by atoms with Gasteiger partial charge in [-0.3, -0.25) is 4.79 Å². The second kappa shape index (κ2) is 7.77. The van der Waals surface area contributed by atoms with Gasteiger partial charge in [0.2, 0.25) is 0 Å². The Balaban J connectivity index is 1.46. The number of benzene rings is 1. The van der Waals surface area contributed by atoms with Crippen LogP contribution < -0.4 is 15.8 Å². The van der Waals surface area contributed by atoms with Crippen molar-refractivity contribution in [2.24, 2.45) is 0 Å². The quantitative estimate of drug-likeness (QED) is 0.850. The minimum atomic E-state index is -0.304. The Bertz CT molecular complexity index is 682. The monoisotopic (exact) mass is 326 g/mol. The summed E-state index contributed by atoms with van der Waals surface area (Å²) in [6, 6.07) is 8.06. The molecule has 1 aromatic heterocycles. The first-order chi connectivity index (χ1) is 11.7. The van der Waals surface area contributed by atoms with Gasteiger partial charge in [0, 0.05) is 18.9 Å². The Morgan fingerprint density at radius 2 is 1.88 bits per heavy atom. The number of ether oxygens (including phenoxy) is 1. The number of nitrogen functional groups attached to an aromatic ring is 1. The maximum atomic E-state index is 12.0. The Labute approximate surface area is 141 Å². The molecule has 24 heavy (non-hydrogen) atoms. The fraction of sp³-hybridized carbons (Fsp3) is 0.389. The van der Waals surface area contributed by atoms with Crippen LogP contribution in [0.5, 0.6) is 5.75 Å². The molecule has 6 heteroatoms. The van der Waals surface area contributed by atoms with Crippen molar-refractivity contribution in [3.8, 4) is 5.75 Å². The maximum absolute atomic E-state index is 12.0. The van der Waals surface area contributed by atoms with E-state index in [1.165, 1.54) is 25.2 Å². The topological polar surface area (TPSA) is 90.1 Å². The van der Waals surface area contributed by atoms with Crippen molar-refractivity contribution in [1.82, 2.24) is 15.3 Å². The van der Waals surface area contributed by atoms with Gasteiger partial charge in [-0.25, -0.2) is 9.97 Å². The molecule has 0 spiro atoms. The Hall–Kier alpha value is -2.63. The highest BCUT2D eigenvalue weighted by atomic mass is 16.5. The first-order valence-corrected chi connectivity index (χ1v) is 8.32. The number of anilines is 1. The molecule has 1 aliphatic rings. The summed E-state index contributed by atoms with van der Waals surface area (Å²) in [5.41, 5.74) is 6.94. The van der Waals surface area contributed by atoms with Gasteiger partial charge in [-0.1, -0.05) is 12.1 Å². The zero-order valence-corrected chi connectivity index (χ0v) is 13.6. The molecule has 1 aromatic carbocycles. The Kier molecular flexibility index (Phi) is 5.25. The summed E-state index contributed by atoms with van der Waals surface area (Å²) < 4.78 is 5.95. The van der Waals surface area contributed by atoms with E-state index in [1.807, 2.05) is 24.3 Å². The standard InChI is InChI=1S/C18H22N4O2/c19-17-16(20-11-12-21-17)18(23)22-10-9-13-5-7-15(8-6-13)24-14-3-1-2-4-14/h5-8,11-12,14H,1-4,9-10H2,(H2,19,21)(H,22,23). The number of hydrogen-bond donors (Lipinski definition) is 2. The maximum Gasteiger partial charge on any atom is 0.273 e. The lowest BCUT2D eigenvalue weighted by atomic mass is 10.1. The van der Waals surface area contributed by atoms with Crippen molar-refractivity contribution in [2.45, 2.75) is 38.2 Å². The van der Waals surface area contributed by atoms with Crippen molar-refractivity contribution in [3.63, 3.8) is 0 Å². The highest BCUT2D eigenvalue weighted by molar-refractivity contribution is 5.96. The first kappa shape index (κ1) is 16.2. The number of amides is 1. The van der Waals surface area contributed by atoms with Crippen LogP contribution in [0, 0.1) is 0 Å². The van der Waals surface area contributed by atoms with E-state index >= 15 is 0 Å². The second-order valence-electron chi connectivity index (χ2n) is 5.96. The summed E-state index contributed by atoms with van der Waals surface area (Å²) in [5, 5.41) is 2.81. The largest absolute Gasteiger partial charge is 0.490 e. The molecular formula is C18H22N4O2. The number of carbonyl (C=O) groups excluding carboxylic acids is 1. The molecule has 0 saturated heterocycles. The predicted octanol–water partition coefficient (Wildman–Crippen LogP) is 2.35. The van der Waals surface area contributed by atoms with Gasteiger partial charge in [-0.15, -0.1) is 0 Å². The summed E-state index contributed by atoms with van der Waals surface area (Å²) in [4.78, 5) is 19.8. The van der Waals surface area contributed by atoms with E-state index in [1.54, 1.807) is 0 Å². The van der Waals surface area contributed by atoms with E-state index in [-0.39, 0.29) is 17.4 Å². The minimum Gasteiger partial charge on any atom is -0.490 e. The molecular weight excluding hydrogens is 304 g/mol. The molecule has 3 rings (SSSR count). The lowest BCUT2D eigenvalue weighted by Gasteiger charge is -2.13. The number of nitrogens with two attached hydrogens (primary N) is 1. The zero-order chi connectivity index (χ0) is 16.8. The van der Waals surface area contributed by atoms with E-state index in [4.69, 9.17) is 10.5 Å². The van der Waals surface area contributed by atoms with Gasteiger partial charge < -0.3 is 15.8 Å². The lowest BCUT2D eigenvalue weighted by molar-refractivity contribution is 0.0950. The van der Waals surface area contributed by atoms with Gasteiger partial charge in [0.05, 0.1) is 6.10 Å². The van der Waals surface area contributed by atoms with Crippen LogP contribution in [-0.4, -0.2) is 28.5 Å². The van der Waals surface area contributed by atoms with E-state index in [0.29, 0.717) is 12.6 Å². The number of nitrogens with zero attached hydrogens (tertiary/aromatic N) is 2. The second-order valence-corrected chi connectivity index (χ2v) is 5.96. The summed E-state index contributed by atoms with van der Waals surface area (Å²) in [6.07, 6.45) is 8.84. The molecule has 0 aliphatic heterocycles. The zero-order valence-electron chi connectivity index (χ0n) is 13.6. The summed E-state index contributed by atoms with van der Waals surface area (Å²) >= 11 is 0. The van der Waals surface area contributed by atoms with Crippen LogP contribution in [0.25, 0.3) is 0 Å². The number of hydrogen-bond acceptors (Lipinski definition) is 5. The number of nitrogens with one attached hydrogen (secondary N) is 1. The summed E-state index contributed by atoms with van der Waals surface area (Å²) in [5.74, 6) is 0.757. The SMILES string of the molecule is Nc1nccnc1C(=O)NCCc1ccc(OC2CCCC2)cc1. The van der Waals surface area contributed by atoms with Crippen molar-refractivity contribution in [2.75, 3.05) is 12.3 Å². The molecule has 126 valence electrons. The molecule has 0 radical (unpaired) electrons. The number of carbonyl (C=O) groups is 1. The van der Waals surface area contributed by atoms with Gasteiger partial charge >= 0.3 is 0 Å². The highest BCUT2D eigenvalue weighted by Gasteiger charge is 2.16. The fourth-order valence-corrected chi connectivity index (χ4v) is 2.86. The van der Waals surface area contributed by atoms with Gasteiger partial charge in [0.1, 0.15) is 5.75 Å². The molecule has 1 heterocycles. The molecule has 1 fully saturated rings. The van der Waals surface area contributed by atoms with Crippen molar-refractivity contribution in [1.29, 1.82) is 0 Å². The van der Waals surface area contributed by atoms with Crippen LogP contribution in [0.15, 0.2) is 36.7 Å². The Morgan fingerprint density at radius 1 is 1.17 bits per heavy atom. The smallest absolute Gasteiger partial charge is 0.273 e. The fourth-order valence-electron chi connectivity index (χ4n) is 2.86. The third kappa shape index (κ3) is 4.22. The highest BCUT2D eigenvalue weighted by Crippen LogP contribution is 2.24. The number of aromatic nitrogens is 2. The van der Waals surface area contributed by atoms with Crippen LogP contribution >= 0.6 is 0 Å². The first-order valence-electron chi connectivity index (χ1n) is 8.32. The average Bonchev–Trinajstić information content (AvgIpc) is 3.10. The van der Waals surface area contributed by atoms with Crippen molar-refractivity contribution >= 4 is 11.7 Å². The molecule has 0 bridgehead atoms. The Morgan fingerprint density at radius 3 is 2.58 bits per heavy atom. The van der Waals surface area contributed by atoms with Gasteiger partial charge in [-0.05, 0) is 49.8 Å². The van der Waals surface area contributed by atoms with Gasteiger partial charge in [0.15, 0.2) is 11.5 Å². The van der Waals surface area contributed by atoms with E-state index < -0.39 is 0 Å². The van der Waals surface area contributed by atoms with Crippen LogP contribution in [0.4, 0.5) is 5.82 Å². The van der Waals surface area contributed by atoms with Gasteiger partial charge in [-0.2, -0.15) is 0 Å². The van der Waals surface area contributed by atoms with Crippen molar-refractivity contribution < 1.29 is 9.53 Å². The van der Waals surface area contributed by atoms with Crippen LogP contribution in [0.2, 0.25) is 0 Å². The third-order valence-electron chi connectivity index (χ3n) is 4.17.